The summed E-state index contributed by atoms with van der Waals surface area (Å²) in [6.45, 7) is 2.44. The monoisotopic (exact) mass is 452 g/mol. The van der Waals surface area contributed by atoms with E-state index in [2.05, 4.69) is 20.9 Å². The van der Waals surface area contributed by atoms with E-state index >= 15 is 0 Å². The first-order valence-corrected chi connectivity index (χ1v) is 10.0. The van der Waals surface area contributed by atoms with Crippen molar-refractivity contribution >= 4 is 27.8 Å². The first-order chi connectivity index (χ1) is 14.0. The first-order valence-electron chi connectivity index (χ1n) is 9.21. The lowest BCUT2D eigenvalue weighted by atomic mass is 10.1. The number of amides is 1. The van der Waals surface area contributed by atoms with E-state index in [4.69, 9.17) is 4.74 Å². The van der Waals surface area contributed by atoms with E-state index in [0.717, 1.165) is 11.1 Å². The molecule has 1 atom stereocenters. The van der Waals surface area contributed by atoms with E-state index in [1.54, 1.807) is 24.1 Å². The maximum Gasteiger partial charge on any atom is 0.340 e. The third-order valence-electron chi connectivity index (χ3n) is 4.32. The van der Waals surface area contributed by atoms with E-state index in [0.29, 0.717) is 17.6 Å². The number of ether oxygens (including phenoxy) is 1. The summed E-state index contributed by atoms with van der Waals surface area (Å²) in [5.74, 6) is -0.840. The van der Waals surface area contributed by atoms with Crippen LogP contribution in [-0.2, 0) is 22.6 Å². The summed E-state index contributed by atoms with van der Waals surface area (Å²) in [6, 6.07) is 21.1. The van der Waals surface area contributed by atoms with Gasteiger partial charge in [0, 0.05) is 30.0 Å². The number of rotatable bonds is 7. The van der Waals surface area contributed by atoms with Crippen molar-refractivity contribution in [2.24, 2.45) is 0 Å². The summed E-state index contributed by atoms with van der Waals surface area (Å²) >= 11 is 3.28. The molecule has 0 aliphatic rings. The zero-order valence-corrected chi connectivity index (χ0v) is 17.6. The van der Waals surface area contributed by atoms with Gasteiger partial charge >= 0.3 is 5.97 Å². The number of halogens is 1. The Balaban J connectivity index is 1.74. The van der Waals surface area contributed by atoms with Crippen molar-refractivity contribution in [2.45, 2.75) is 26.1 Å². The maximum absolute atomic E-state index is 13.1. The SMILES string of the molecule is CC(OC(=O)c1cncc(Br)c1)C(=O)N(Cc1ccccc1)Cc1ccccc1. The van der Waals surface area contributed by atoms with Crippen molar-refractivity contribution in [2.75, 3.05) is 0 Å². The van der Waals surface area contributed by atoms with Gasteiger partial charge in [-0.2, -0.15) is 0 Å². The van der Waals surface area contributed by atoms with Gasteiger partial charge in [-0.15, -0.1) is 0 Å². The molecule has 148 valence electrons. The molecule has 0 radical (unpaired) electrons. The van der Waals surface area contributed by atoms with Crippen LogP contribution in [0, 0.1) is 0 Å². The lowest BCUT2D eigenvalue weighted by Gasteiger charge is -2.26. The van der Waals surface area contributed by atoms with E-state index in [-0.39, 0.29) is 11.5 Å². The van der Waals surface area contributed by atoms with Crippen LogP contribution in [0.1, 0.15) is 28.4 Å². The minimum Gasteiger partial charge on any atom is -0.449 e. The smallest absolute Gasteiger partial charge is 0.340 e. The van der Waals surface area contributed by atoms with Gasteiger partial charge in [0.1, 0.15) is 0 Å². The summed E-state index contributed by atoms with van der Waals surface area (Å²) in [5, 5.41) is 0. The molecule has 1 unspecified atom stereocenters. The van der Waals surface area contributed by atoms with Crippen LogP contribution >= 0.6 is 15.9 Å². The Bertz CT molecular complexity index is 923. The Labute approximate surface area is 178 Å². The molecule has 0 saturated heterocycles. The van der Waals surface area contributed by atoms with Crippen LogP contribution in [0.5, 0.6) is 0 Å². The predicted octanol–water partition coefficient (Wildman–Crippen LogP) is 4.62. The molecule has 5 nitrogen and oxygen atoms in total. The second kappa shape index (κ2) is 9.98. The summed E-state index contributed by atoms with van der Waals surface area (Å²) in [5.41, 5.74) is 2.30. The Morgan fingerprint density at radius 1 is 0.966 bits per heavy atom. The second-order valence-electron chi connectivity index (χ2n) is 6.60. The summed E-state index contributed by atoms with van der Waals surface area (Å²) in [6.07, 6.45) is 2.07. The van der Waals surface area contributed by atoms with Crippen molar-refractivity contribution < 1.29 is 14.3 Å². The van der Waals surface area contributed by atoms with Gasteiger partial charge < -0.3 is 9.64 Å². The average Bonchev–Trinajstić information content (AvgIpc) is 2.74. The third kappa shape index (κ3) is 5.99. The van der Waals surface area contributed by atoms with Crippen LogP contribution in [0.25, 0.3) is 0 Å². The van der Waals surface area contributed by atoms with Crippen LogP contribution in [0.3, 0.4) is 0 Å². The molecule has 2 aromatic carbocycles. The molecular formula is C23H21BrN2O3. The molecule has 0 aliphatic heterocycles. The van der Waals surface area contributed by atoms with Gasteiger partial charge in [-0.25, -0.2) is 4.79 Å². The maximum atomic E-state index is 13.1. The molecule has 0 fully saturated rings. The molecule has 0 bridgehead atoms. The molecule has 1 amide bonds. The number of esters is 1. The van der Waals surface area contributed by atoms with Gasteiger partial charge in [-0.05, 0) is 40.0 Å². The van der Waals surface area contributed by atoms with Crippen molar-refractivity contribution in [1.82, 2.24) is 9.88 Å². The van der Waals surface area contributed by atoms with Crippen LogP contribution in [0.4, 0.5) is 0 Å². The van der Waals surface area contributed by atoms with E-state index in [1.807, 2.05) is 60.7 Å². The zero-order valence-electron chi connectivity index (χ0n) is 16.0. The molecule has 1 heterocycles. The summed E-state index contributed by atoms with van der Waals surface area (Å²) < 4.78 is 6.09. The molecule has 3 rings (SSSR count). The highest BCUT2D eigenvalue weighted by Crippen LogP contribution is 2.15. The van der Waals surface area contributed by atoms with E-state index in [9.17, 15) is 9.59 Å². The Hall–Kier alpha value is -2.99. The molecular weight excluding hydrogens is 432 g/mol. The average molecular weight is 453 g/mol. The Kier molecular flexibility index (Phi) is 7.14. The second-order valence-corrected chi connectivity index (χ2v) is 7.52. The fourth-order valence-electron chi connectivity index (χ4n) is 2.88. The minimum absolute atomic E-state index is 0.256. The van der Waals surface area contributed by atoms with E-state index < -0.39 is 12.1 Å². The van der Waals surface area contributed by atoms with Crippen molar-refractivity contribution in [3.8, 4) is 0 Å². The number of hydrogen-bond donors (Lipinski definition) is 0. The number of nitrogens with zero attached hydrogens (tertiary/aromatic N) is 2. The highest BCUT2D eigenvalue weighted by atomic mass is 79.9. The highest BCUT2D eigenvalue weighted by molar-refractivity contribution is 9.10. The number of aromatic nitrogens is 1. The molecule has 0 spiro atoms. The fraction of sp³-hybridized carbons (Fsp3) is 0.174. The molecule has 3 aromatic rings. The van der Waals surface area contributed by atoms with Crippen LogP contribution < -0.4 is 0 Å². The van der Waals surface area contributed by atoms with Gasteiger partial charge in [0.25, 0.3) is 5.91 Å². The molecule has 6 heteroatoms. The molecule has 0 N–H and O–H groups in total. The third-order valence-corrected chi connectivity index (χ3v) is 4.75. The standard InChI is InChI=1S/C23H21BrN2O3/c1-17(29-23(28)20-12-21(24)14-25-13-20)22(27)26(15-18-8-4-2-5-9-18)16-19-10-6-3-7-11-19/h2-14,17H,15-16H2,1H3. The number of carbonyl (C=O) groups is 2. The molecule has 1 aromatic heterocycles. The normalized spacial score (nSPS) is 11.5. The number of hydrogen-bond acceptors (Lipinski definition) is 4. The minimum atomic E-state index is -0.922. The molecule has 0 aliphatic carbocycles. The largest absolute Gasteiger partial charge is 0.449 e. The number of carbonyl (C=O) groups excluding carboxylic acids is 2. The molecule has 0 saturated carbocycles. The topological polar surface area (TPSA) is 59.5 Å². The van der Waals surface area contributed by atoms with Gasteiger partial charge in [-0.1, -0.05) is 60.7 Å². The summed E-state index contributed by atoms with van der Waals surface area (Å²) in [4.78, 5) is 31.2. The van der Waals surface area contributed by atoms with Crippen LogP contribution in [-0.4, -0.2) is 27.9 Å². The van der Waals surface area contributed by atoms with Gasteiger partial charge in [0.2, 0.25) is 0 Å². The van der Waals surface area contributed by atoms with Crippen LogP contribution in [0.2, 0.25) is 0 Å². The number of benzene rings is 2. The Morgan fingerprint density at radius 3 is 2.03 bits per heavy atom. The van der Waals surface area contributed by atoms with Crippen molar-refractivity contribution in [3.63, 3.8) is 0 Å². The summed E-state index contributed by atoms with van der Waals surface area (Å²) in [7, 11) is 0. The lowest BCUT2D eigenvalue weighted by molar-refractivity contribution is -0.141. The molecule has 29 heavy (non-hydrogen) atoms. The van der Waals surface area contributed by atoms with Gasteiger partial charge in [0.05, 0.1) is 5.56 Å². The van der Waals surface area contributed by atoms with E-state index in [1.165, 1.54) is 6.20 Å². The van der Waals surface area contributed by atoms with Crippen LogP contribution in [0.15, 0.2) is 83.6 Å². The van der Waals surface area contributed by atoms with Crippen molar-refractivity contribution in [1.29, 1.82) is 0 Å². The van der Waals surface area contributed by atoms with Gasteiger partial charge in [-0.3, -0.25) is 9.78 Å². The predicted molar refractivity (Wildman–Crippen MR) is 114 cm³/mol. The van der Waals surface area contributed by atoms with Crippen molar-refractivity contribution in [3.05, 3.63) is 100 Å². The zero-order chi connectivity index (χ0) is 20.6. The fourth-order valence-corrected chi connectivity index (χ4v) is 3.24. The quantitative estimate of drug-likeness (QED) is 0.490. The highest BCUT2D eigenvalue weighted by Gasteiger charge is 2.25. The lowest BCUT2D eigenvalue weighted by Crippen LogP contribution is -2.39. The first kappa shape index (κ1) is 20.7. The number of pyridine rings is 1. The van der Waals surface area contributed by atoms with Gasteiger partial charge in [0.15, 0.2) is 6.10 Å². The Morgan fingerprint density at radius 2 is 1.52 bits per heavy atom.